The highest BCUT2D eigenvalue weighted by atomic mass is 32.2. The van der Waals surface area contributed by atoms with Gasteiger partial charge in [0.25, 0.3) is 5.91 Å². The van der Waals surface area contributed by atoms with Crippen LogP contribution in [0.3, 0.4) is 0 Å². The Morgan fingerprint density at radius 3 is 2.52 bits per heavy atom. The largest absolute Gasteiger partial charge is 0.484 e. The lowest BCUT2D eigenvalue weighted by atomic mass is 10.1. The van der Waals surface area contributed by atoms with Crippen molar-refractivity contribution in [2.24, 2.45) is 0 Å². The number of para-hydroxylation sites is 1. The smallest absolute Gasteiger partial charge is 0.265 e. The topological polar surface area (TPSA) is 75.7 Å². The molecule has 2 aromatic rings. The molecule has 0 spiro atoms. The van der Waals surface area contributed by atoms with Crippen LogP contribution in [0.5, 0.6) is 5.75 Å². The van der Waals surface area contributed by atoms with Gasteiger partial charge in [-0.05, 0) is 62.1 Å². The Labute approximate surface area is 171 Å². The minimum Gasteiger partial charge on any atom is -0.484 e. The Kier molecular flexibility index (Phi) is 5.61. The molecule has 1 N–H and O–H groups in total. The Hall–Kier alpha value is -2.38. The lowest BCUT2D eigenvalue weighted by Gasteiger charge is -2.22. The Morgan fingerprint density at radius 1 is 1.10 bits per heavy atom. The number of carbonyl (C=O) groups is 1. The average molecular weight is 415 g/mol. The van der Waals surface area contributed by atoms with Crippen molar-refractivity contribution in [2.75, 3.05) is 11.5 Å². The number of ether oxygens (including phenoxy) is 1. The number of hydrogen-bond donors (Lipinski definition) is 1. The Balaban J connectivity index is 1.37. The summed E-state index contributed by atoms with van der Waals surface area (Å²) < 4.78 is 33.4. The number of benzene rings is 2. The molecule has 0 unspecified atom stereocenters. The molecule has 1 aliphatic carbocycles. The third-order valence-corrected chi connectivity index (χ3v) is 7.19. The van der Waals surface area contributed by atoms with Crippen molar-refractivity contribution in [3.05, 3.63) is 54.1 Å². The van der Waals surface area contributed by atoms with Crippen LogP contribution in [-0.4, -0.2) is 33.0 Å². The van der Waals surface area contributed by atoms with E-state index in [1.807, 2.05) is 31.2 Å². The van der Waals surface area contributed by atoms with Gasteiger partial charge < -0.3 is 9.64 Å². The van der Waals surface area contributed by atoms with Gasteiger partial charge in [0.1, 0.15) is 5.75 Å². The first kappa shape index (κ1) is 19.9. The summed E-state index contributed by atoms with van der Waals surface area (Å²) in [7, 11) is -3.53. The van der Waals surface area contributed by atoms with E-state index >= 15 is 0 Å². The fourth-order valence-electron chi connectivity index (χ4n) is 4.21. The lowest BCUT2D eigenvalue weighted by molar-refractivity contribution is -0.120. The summed E-state index contributed by atoms with van der Waals surface area (Å²) in [6, 6.07) is 14.2. The number of nitrogens with one attached hydrogen (secondary N) is 1. The van der Waals surface area contributed by atoms with Crippen molar-refractivity contribution < 1.29 is 17.9 Å². The third kappa shape index (κ3) is 4.31. The highest BCUT2D eigenvalue weighted by Gasteiger charge is 2.30. The van der Waals surface area contributed by atoms with Gasteiger partial charge in [-0.15, -0.1) is 0 Å². The predicted octanol–water partition coefficient (Wildman–Crippen LogP) is 3.26. The molecule has 0 aromatic heterocycles. The zero-order valence-corrected chi connectivity index (χ0v) is 17.3. The minimum atomic E-state index is -3.53. The molecular weight excluding hydrogens is 388 g/mol. The number of anilines is 1. The van der Waals surface area contributed by atoms with Gasteiger partial charge in [0.05, 0.1) is 4.90 Å². The number of sulfonamides is 1. The maximum atomic E-state index is 12.7. The van der Waals surface area contributed by atoms with E-state index in [1.54, 1.807) is 17.0 Å². The quantitative estimate of drug-likeness (QED) is 0.787. The molecular formula is C22H26N2O4S. The summed E-state index contributed by atoms with van der Waals surface area (Å²) in [5.41, 5.74) is 2.10. The van der Waals surface area contributed by atoms with Gasteiger partial charge in [0, 0.05) is 17.8 Å². The molecule has 1 amide bonds. The SMILES string of the molecule is C[C@H]1Cc2ccccc2N1C(=O)COc1ccc(S(=O)(=O)NC2CCCC2)cc1. The van der Waals surface area contributed by atoms with E-state index < -0.39 is 10.0 Å². The highest BCUT2D eigenvalue weighted by Crippen LogP contribution is 2.32. The van der Waals surface area contributed by atoms with Crippen LogP contribution in [0.25, 0.3) is 0 Å². The third-order valence-electron chi connectivity index (χ3n) is 5.65. The molecule has 7 heteroatoms. The van der Waals surface area contributed by atoms with Crippen LogP contribution in [0.15, 0.2) is 53.4 Å². The van der Waals surface area contributed by atoms with Crippen LogP contribution in [0.2, 0.25) is 0 Å². The Bertz CT molecular complexity index is 982. The summed E-state index contributed by atoms with van der Waals surface area (Å²) in [4.78, 5) is 14.7. The first-order valence-electron chi connectivity index (χ1n) is 10.1. The van der Waals surface area contributed by atoms with Crippen LogP contribution in [-0.2, 0) is 21.2 Å². The first-order valence-corrected chi connectivity index (χ1v) is 11.6. The van der Waals surface area contributed by atoms with Crippen molar-refractivity contribution in [3.8, 4) is 5.75 Å². The van der Waals surface area contributed by atoms with E-state index in [9.17, 15) is 13.2 Å². The van der Waals surface area contributed by atoms with E-state index in [0.29, 0.717) is 5.75 Å². The first-order chi connectivity index (χ1) is 13.9. The van der Waals surface area contributed by atoms with Crippen LogP contribution < -0.4 is 14.4 Å². The van der Waals surface area contributed by atoms with Crippen LogP contribution in [0.4, 0.5) is 5.69 Å². The molecule has 1 heterocycles. The van der Waals surface area contributed by atoms with Gasteiger partial charge in [0.15, 0.2) is 6.61 Å². The second-order valence-corrected chi connectivity index (χ2v) is 9.52. The van der Waals surface area contributed by atoms with Gasteiger partial charge in [-0.1, -0.05) is 31.0 Å². The average Bonchev–Trinajstić information content (AvgIpc) is 3.32. The molecule has 0 bridgehead atoms. The van der Waals surface area contributed by atoms with Gasteiger partial charge in [0.2, 0.25) is 10.0 Å². The number of rotatable bonds is 6. The molecule has 1 fully saturated rings. The summed E-state index contributed by atoms with van der Waals surface area (Å²) >= 11 is 0. The minimum absolute atomic E-state index is 0.0267. The summed E-state index contributed by atoms with van der Waals surface area (Å²) in [6.07, 6.45) is 4.74. The number of carbonyl (C=O) groups excluding carboxylic acids is 1. The van der Waals surface area contributed by atoms with Crippen molar-refractivity contribution in [3.63, 3.8) is 0 Å². The van der Waals surface area contributed by atoms with Crippen molar-refractivity contribution >= 4 is 21.6 Å². The standard InChI is InChI=1S/C22H26N2O4S/c1-16-14-17-6-2-5-9-21(17)24(16)22(25)15-28-19-10-12-20(13-11-19)29(26,27)23-18-7-3-4-8-18/h2,5-6,9-13,16,18,23H,3-4,7-8,14-15H2,1H3/t16-/m0/s1. The summed E-state index contributed by atoms with van der Waals surface area (Å²) in [5.74, 6) is 0.361. The zero-order chi connectivity index (χ0) is 20.4. The second-order valence-electron chi connectivity index (χ2n) is 7.81. The Morgan fingerprint density at radius 2 is 1.79 bits per heavy atom. The van der Waals surface area contributed by atoms with Crippen molar-refractivity contribution in [2.45, 2.75) is 56.0 Å². The van der Waals surface area contributed by atoms with Crippen LogP contribution in [0, 0.1) is 0 Å². The fourth-order valence-corrected chi connectivity index (χ4v) is 5.51. The monoisotopic (exact) mass is 414 g/mol. The van der Waals surface area contributed by atoms with Gasteiger partial charge >= 0.3 is 0 Å². The maximum Gasteiger partial charge on any atom is 0.265 e. The molecule has 6 nitrogen and oxygen atoms in total. The zero-order valence-electron chi connectivity index (χ0n) is 16.5. The number of hydrogen-bond acceptors (Lipinski definition) is 4. The molecule has 29 heavy (non-hydrogen) atoms. The summed E-state index contributed by atoms with van der Waals surface area (Å²) in [6.45, 7) is 1.93. The van der Waals surface area contributed by atoms with E-state index in [0.717, 1.165) is 43.4 Å². The van der Waals surface area contributed by atoms with Gasteiger partial charge in [-0.25, -0.2) is 13.1 Å². The fraction of sp³-hybridized carbons (Fsp3) is 0.409. The maximum absolute atomic E-state index is 12.7. The van der Waals surface area contributed by atoms with Crippen LogP contribution >= 0.6 is 0 Å². The predicted molar refractivity (Wildman–Crippen MR) is 112 cm³/mol. The van der Waals surface area contributed by atoms with Gasteiger partial charge in [-0.3, -0.25) is 4.79 Å². The highest BCUT2D eigenvalue weighted by molar-refractivity contribution is 7.89. The molecule has 4 rings (SSSR count). The van der Waals surface area contributed by atoms with E-state index in [-0.39, 0.29) is 29.5 Å². The lowest BCUT2D eigenvalue weighted by Crippen LogP contribution is -2.39. The molecule has 2 aromatic carbocycles. The van der Waals surface area contributed by atoms with E-state index in [2.05, 4.69) is 4.72 Å². The van der Waals surface area contributed by atoms with Crippen molar-refractivity contribution in [1.82, 2.24) is 4.72 Å². The molecule has 1 saturated carbocycles. The molecule has 2 aliphatic rings. The second kappa shape index (κ2) is 8.16. The van der Waals surface area contributed by atoms with Gasteiger partial charge in [-0.2, -0.15) is 0 Å². The van der Waals surface area contributed by atoms with Crippen LogP contribution in [0.1, 0.15) is 38.2 Å². The summed E-state index contributed by atoms with van der Waals surface area (Å²) in [5, 5.41) is 0. The molecule has 1 atom stereocenters. The molecule has 0 radical (unpaired) electrons. The normalized spacial score (nSPS) is 19.3. The number of nitrogens with zero attached hydrogens (tertiary/aromatic N) is 1. The number of fused-ring (bicyclic) bond motifs is 1. The van der Waals surface area contributed by atoms with Crippen molar-refractivity contribution in [1.29, 1.82) is 0 Å². The van der Waals surface area contributed by atoms with E-state index in [1.165, 1.54) is 12.1 Å². The molecule has 0 saturated heterocycles. The molecule has 154 valence electrons. The molecule has 1 aliphatic heterocycles. The van der Waals surface area contributed by atoms with E-state index in [4.69, 9.17) is 4.74 Å². The number of amides is 1.